The van der Waals surface area contributed by atoms with Gasteiger partial charge in [-0.3, -0.25) is 0 Å². The summed E-state index contributed by atoms with van der Waals surface area (Å²) in [5.74, 6) is 4.10. The van der Waals surface area contributed by atoms with Crippen LogP contribution in [0.1, 0.15) is 18.2 Å². The Hall–Kier alpha value is -1.01. The van der Waals surface area contributed by atoms with Gasteiger partial charge in [-0.25, -0.2) is 4.98 Å². The molecule has 0 aliphatic carbocycles. The van der Waals surface area contributed by atoms with Crippen molar-refractivity contribution in [3.8, 4) is 0 Å². The van der Waals surface area contributed by atoms with Gasteiger partial charge in [0.25, 0.3) is 0 Å². The van der Waals surface area contributed by atoms with Gasteiger partial charge in [0.2, 0.25) is 5.95 Å². The van der Waals surface area contributed by atoms with E-state index in [0.29, 0.717) is 12.0 Å². The summed E-state index contributed by atoms with van der Waals surface area (Å²) in [6.45, 7) is 2.18. The topological polar surface area (TPSA) is 49.8 Å². The standard InChI is InChI=1S/C13H18N4S2/c1-3-9-6-10-11(15-8-4-5-18-7-8)16-13(14-2)17-12(10)19-9/h6,8H,3-5,7H2,1-2H3,(H2,14,15,16,17). The minimum Gasteiger partial charge on any atom is -0.366 e. The SMILES string of the molecule is CCc1cc2c(NC3CCSC3)nc(NC)nc2s1. The zero-order valence-electron chi connectivity index (χ0n) is 11.2. The molecule has 2 N–H and O–H groups in total. The summed E-state index contributed by atoms with van der Waals surface area (Å²) in [6.07, 6.45) is 2.27. The highest BCUT2D eigenvalue weighted by Crippen LogP contribution is 2.32. The molecule has 2 aromatic rings. The zero-order valence-corrected chi connectivity index (χ0v) is 12.8. The molecule has 1 saturated heterocycles. The van der Waals surface area contributed by atoms with Crippen LogP contribution in [0.15, 0.2) is 6.07 Å². The fourth-order valence-corrected chi connectivity index (χ4v) is 4.33. The van der Waals surface area contributed by atoms with Gasteiger partial charge in [0, 0.05) is 23.7 Å². The van der Waals surface area contributed by atoms with Crippen LogP contribution in [0.4, 0.5) is 11.8 Å². The van der Waals surface area contributed by atoms with Crippen molar-refractivity contribution in [2.75, 3.05) is 29.2 Å². The van der Waals surface area contributed by atoms with Crippen LogP contribution >= 0.6 is 23.1 Å². The lowest BCUT2D eigenvalue weighted by Gasteiger charge is -2.13. The average Bonchev–Trinajstić information content (AvgIpc) is 3.06. The molecule has 1 aliphatic rings. The molecule has 6 heteroatoms. The smallest absolute Gasteiger partial charge is 0.225 e. The van der Waals surface area contributed by atoms with Gasteiger partial charge >= 0.3 is 0 Å². The van der Waals surface area contributed by atoms with E-state index >= 15 is 0 Å². The second-order valence-electron chi connectivity index (χ2n) is 4.64. The van der Waals surface area contributed by atoms with Gasteiger partial charge in [-0.2, -0.15) is 16.7 Å². The largest absolute Gasteiger partial charge is 0.366 e. The first-order chi connectivity index (χ1) is 9.30. The molecule has 19 heavy (non-hydrogen) atoms. The predicted molar refractivity (Wildman–Crippen MR) is 85.7 cm³/mol. The number of fused-ring (bicyclic) bond motifs is 1. The zero-order chi connectivity index (χ0) is 13.2. The van der Waals surface area contributed by atoms with E-state index in [2.05, 4.69) is 33.6 Å². The summed E-state index contributed by atoms with van der Waals surface area (Å²) in [4.78, 5) is 11.6. The molecule has 3 rings (SSSR count). The van der Waals surface area contributed by atoms with Gasteiger partial charge in [0.1, 0.15) is 10.6 Å². The summed E-state index contributed by atoms with van der Waals surface area (Å²) in [7, 11) is 1.87. The van der Waals surface area contributed by atoms with Gasteiger partial charge < -0.3 is 10.6 Å². The molecule has 0 aromatic carbocycles. The third kappa shape index (κ3) is 2.65. The fraction of sp³-hybridized carbons (Fsp3) is 0.538. The van der Waals surface area contributed by atoms with Crippen molar-refractivity contribution in [1.29, 1.82) is 0 Å². The van der Waals surface area contributed by atoms with E-state index in [1.165, 1.54) is 22.8 Å². The Morgan fingerprint density at radius 3 is 3.00 bits per heavy atom. The van der Waals surface area contributed by atoms with E-state index in [1.54, 1.807) is 11.3 Å². The van der Waals surface area contributed by atoms with Crippen molar-refractivity contribution < 1.29 is 0 Å². The third-order valence-electron chi connectivity index (χ3n) is 3.29. The molecule has 2 aromatic heterocycles. The Labute approximate surface area is 121 Å². The summed E-state index contributed by atoms with van der Waals surface area (Å²) in [5.41, 5.74) is 0. The number of hydrogen-bond donors (Lipinski definition) is 2. The lowest BCUT2D eigenvalue weighted by molar-refractivity contribution is 0.808. The molecule has 0 spiro atoms. The number of aryl methyl sites for hydroxylation is 1. The van der Waals surface area contributed by atoms with Crippen molar-refractivity contribution in [3.05, 3.63) is 10.9 Å². The van der Waals surface area contributed by atoms with Crippen LogP contribution in [-0.2, 0) is 6.42 Å². The van der Waals surface area contributed by atoms with Gasteiger partial charge in [-0.05, 0) is 24.7 Å². The maximum Gasteiger partial charge on any atom is 0.225 e. The maximum absolute atomic E-state index is 4.59. The first-order valence-corrected chi connectivity index (χ1v) is 8.59. The van der Waals surface area contributed by atoms with Crippen LogP contribution < -0.4 is 10.6 Å². The molecule has 0 bridgehead atoms. The number of nitrogens with one attached hydrogen (secondary N) is 2. The van der Waals surface area contributed by atoms with Gasteiger partial charge in [0.15, 0.2) is 0 Å². The highest BCUT2D eigenvalue weighted by atomic mass is 32.2. The number of anilines is 2. The highest BCUT2D eigenvalue weighted by Gasteiger charge is 2.18. The quantitative estimate of drug-likeness (QED) is 0.907. The normalized spacial score (nSPS) is 18.9. The van der Waals surface area contributed by atoms with Gasteiger partial charge in [-0.1, -0.05) is 6.92 Å². The Morgan fingerprint density at radius 1 is 1.42 bits per heavy atom. The number of aromatic nitrogens is 2. The summed E-state index contributed by atoms with van der Waals surface area (Å²) in [6, 6.07) is 2.77. The van der Waals surface area contributed by atoms with Crippen molar-refractivity contribution in [2.24, 2.45) is 0 Å². The molecule has 1 fully saturated rings. The fourth-order valence-electron chi connectivity index (χ4n) is 2.21. The first kappa shape index (κ1) is 13.0. The van der Waals surface area contributed by atoms with Crippen molar-refractivity contribution in [3.63, 3.8) is 0 Å². The van der Waals surface area contributed by atoms with E-state index < -0.39 is 0 Å². The van der Waals surface area contributed by atoms with Crippen LogP contribution in [-0.4, -0.2) is 34.6 Å². The Morgan fingerprint density at radius 2 is 2.32 bits per heavy atom. The number of rotatable bonds is 4. The van der Waals surface area contributed by atoms with Crippen LogP contribution in [0.25, 0.3) is 10.2 Å². The highest BCUT2D eigenvalue weighted by molar-refractivity contribution is 7.99. The molecular weight excluding hydrogens is 276 g/mol. The summed E-state index contributed by atoms with van der Waals surface area (Å²) in [5, 5.41) is 7.81. The van der Waals surface area contributed by atoms with E-state index in [-0.39, 0.29) is 0 Å². The van der Waals surface area contributed by atoms with E-state index in [1.807, 2.05) is 18.8 Å². The maximum atomic E-state index is 4.59. The number of nitrogens with zero attached hydrogens (tertiary/aromatic N) is 2. The lowest BCUT2D eigenvalue weighted by Crippen LogP contribution is -2.19. The number of thioether (sulfide) groups is 1. The second-order valence-corrected chi connectivity index (χ2v) is 6.90. The Bertz CT molecular complexity index is 575. The van der Waals surface area contributed by atoms with Crippen LogP contribution in [0.3, 0.4) is 0 Å². The predicted octanol–water partition coefficient (Wildman–Crippen LogP) is 3.21. The monoisotopic (exact) mass is 294 g/mol. The first-order valence-electron chi connectivity index (χ1n) is 6.62. The minimum atomic E-state index is 0.540. The molecule has 0 amide bonds. The summed E-state index contributed by atoms with van der Waals surface area (Å²) >= 11 is 3.77. The van der Waals surface area contributed by atoms with Gasteiger partial charge in [-0.15, -0.1) is 11.3 Å². The molecule has 1 aliphatic heterocycles. The molecule has 0 radical (unpaired) electrons. The number of thiophene rings is 1. The van der Waals surface area contributed by atoms with Crippen molar-refractivity contribution >= 4 is 45.1 Å². The second kappa shape index (κ2) is 5.54. The van der Waals surface area contributed by atoms with Crippen molar-refractivity contribution in [1.82, 2.24) is 9.97 Å². The van der Waals surface area contributed by atoms with E-state index in [9.17, 15) is 0 Å². The van der Waals surface area contributed by atoms with Crippen LogP contribution in [0.5, 0.6) is 0 Å². The lowest BCUT2D eigenvalue weighted by atomic mass is 10.2. The van der Waals surface area contributed by atoms with Crippen LogP contribution in [0.2, 0.25) is 0 Å². The van der Waals surface area contributed by atoms with Gasteiger partial charge in [0.05, 0.1) is 5.39 Å². The van der Waals surface area contributed by atoms with E-state index in [4.69, 9.17) is 0 Å². The molecule has 102 valence electrons. The third-order valence-corrected chi connectivity index (χ3v) is 5.62. The minimum absolute atomic E-state index is 0.540. The molecule has 0 saturated carbocycles. The van der Waals surface area contributed by atoms with Crippen molar-refractivity contribution in [2.45, 2.75) is 25.8 Å². The Balaban J connectivity index is 2.01. The summed E-state index contributed by atoms with van der Waals surface area (Å²) < 4.78 is 0. The molecule has 1 unspecified atom stereocenters. The van der Waals surface area contributed by atoms with Crippen LogP contribution in [0, 0.1) is 0 Å². The average molecular weight is 294 g/mol. The van der Waals surface area contributed by atoms with E-state index in [0.717, 1.165) is 22.5 Å². The molecular formula is C13H18N4S2. The molecule has 4 nitrogen and oxygen atoms in total. The Kier molecular flexibility index (Phi) is 3.79. The molecule has 3 heterocycles. The number of hydrogen-bond acceptors (Lipinski definition) is 6. The molecule has 1 atom stereocenters.